The molecule has 4 aliphatic rings. The molecule has 3 nitrogen and oxygen atoms in total. The van der Waals surface area contributed by atoms with Crippen LogP contribution < -0.4 is 5.84 Å². The maximum absolute atomic E-state index is 10.3. The van der Waals surface area contributed by atoms with Crippen LogP contribution in [0.15, 0.2) is 16.8 Å². The van der Waals surface area contributed by atoms with E-state index < -0.39 is 0 Å². The Balaban J connectivity index is 1.58. The molecule has 4 rings (SSSR count). The van der Waals surface area contributed by atoms with E-state index in [9.17, 15) is 5.11 Å². The Labute approximate surface area is 185 Å². The van der Waals surface area contributed by atoms with Crippen LogP contribution in [0.5, 0.6) is 0 Å². The first-order valence-electron chi connectivity index (χ1n) is 12.9. The Morgan fingerprint density at radius 2 is 1.83 bits per heavy atom. The molecule has 170 valence electrons. The zero-order valence-corrected chi connectivity index (χ0v) is 20.2. The number of hydrazone groups is 1. The van der Waals surface area contributed by atoms with E-state index in [0.29, 0.717) is 17.3 Å². The van der Waals surface area contributed by atoms with Gasteiger partial charge in [-0.05, 0) is 91.4 Å². The third kappa shape index (κ3) is 3.57. The maximum Gasteiger partial charge on any atom is 0.0637 e. The van der Waals surface area contributed by atoms with Crippen molar-refractivity contribution in [3.8, 4) is 0 Å². The SMILES string of the molecule is CC(C)CCC[C@@H](C)[C@H]1CC[C@H]2C3/C(=N/N)C=C4C[C@@H](O)CC[C@]4(C)C3CC[C@]12C. The van der Waals surface area contributed by atoms with E-state index >= 15 is 0 Å². The summed E-state index contributed by atoms with van der Waals surface area (Å²) in [4.78, 5) is 0. The molecule has 0 amide bonds. The lowest BCUT2D eigenvalue weighted by atomic mass is 9.46. The minimum atomic E-state index is -0.184. The molecule has 0 aromatic carbocycles. The summed E-state index contributed by atoms with van der Waals surface area (Å²) in [5.41, 5.74) is 3.24. The molecule has 3 N–H and O–H groups in total. The van der Waals surface area contributed by atoms with Gasteiger partial charge in [0.25, 0.3) is 0 Å². The number of aliphatic hydroxyl groups is 1. The van der Waals surface area contributed by atoms with Gasteiger partial charge in [0, 0.05) is 5.92 Å². The van der Waals surface area contributed by atoms with E-state index in [0.717, 1.165) is 48.6 Å². The van der Waals surface area contributed by atoms with Crippen LogP contribution in [0, 0.1) is 46.3 Å². The average Bonchev–Trinajstić information content (AvgIpc) is 3.05. The van der Waals surface area contributed by atoms with E-state index in [-0.39, 0.29) is 11.5 Å². The summed E-state index contributed by atoms with van der Waals surface area (Å²) in [7, 11) is 0. The van der Waals surface area contributed by atoms with Crippen molar-refractivity contribution < 1.29 is 5.11 Å². The third-order valence-electron chi connectivity index (χ3n) is 10.3. The predicted octanol–water partition coefficient (Wildman–Crippen LogP) is 6.31. The summed E-state index contributed by atoms with van der Waals surface area (Å²) in [6.07, 6.45) is 14.5. The molecule has 0 radical (unpaired) electrons. The van der Waals surface area contributed by atoms with Crippen molar-refractivity contribution in [2.45, 2.75) is 105 Å². The third-order valence-corrected chi connectivity index (χ3v) is 10.3. The standard InChI is InChI=1S/C27H46N2O/c1-17(2)7-6-8-18(3)21-9-10-22-25-23(12-14-27(21,22)5)26(4)13-11-20(30)15-19(26)16-24(25)29-28/h16-18,20-23,25,30H,6-15,28H2,1-5H3/b29-24+/t18-,20+,21-,22+,23?,25?,26+,27-/m1/s1. The number of hydrogen-bond acceptors (Lipinski definition) is 3. The molecule has 0 aromatic rings. The van der Waals surface area contributed by atoms with Crippen LogP contribution in [-0.4, -0.2) is 16.9 Å². The van der Waals surface area contributed by atoms with Gasteiger partial charge in [-0.2, -0.15) is 5.10 Å². The van der Waals surface area contributed by atoms with E-state index in [1.807, 2.05) is 0 Å². The number of aliphatic hydroxyl groups excluding tert-OH is 1. The first-order chi connectivity index (χ1) is 14.2. The molecular weight excluding hydrogens is 368 g/mol. The van der Waals surface area contributed by atoms with Crippen LogP contribution in [0.3, 0.4) is 0 Å². The second-order valence-corrected chi connectivity index (χ2v) is 12.3. The van der Waals surface area contributed by atoms with Crippen molar-refractivity contribution in [2.24, 2.45) is 57.3 Å². The second kappa shape index (κ2) is 8.26. The van der Waals surface area contributed by atoms with E-state index in [2.05, 4.69) is 45.8 Å². The van der Waals surface area contributed by atoms with Gasteiger partial charge in [0.1, 0.15) is 0 Å². The van der Waals surface area contributed by atoms with Crippen molar-refractivity contribution in [1.82, 2.24) is 0 Å². The van der Waals surface area contributed by atoms with Crippen LogP contribution >= 0.6 is 0 Å². The highest BCUT2D eigenvalue weighted by molar-refractivity contribution is 5.99. The molecule has 0 spiro atoms. The molecule has 0 aliphatic heterocycles. The Hall–Kier alpha value is -0.830. The number of hydrogen-bond donors (Lipinski definition) is 2. The highest BCUT2D eigenvalue weighted by Crippen LogP contribution is 2.66. The minimum Gasteiger partial charge on any atom is -0.393 e. The number of rotatable bonds is 5. The average molecular weight is 415 g/mol. The van der Waals surface area contributed by atoms with Crippen LogP contribution in [0.2, 0.25) is 0 Å². The Kier molecular flexibility index (Phi) is 6.16. The van der Waals surface area contributed by atoms with Gasteiger partial charge in [-0.25, -0.2) is 0 Å². The monoisotopic (exact) mass is 414 g/mol. The fourth-order valence-corrected chi connectivity index (χ4v) is 8.55. The summed E-state index contributed by atoms with van der Waals surface area (Å²) in [5, 5.41) is 14.7. The van der Waals surface area contributed by atoms with Gasteiger partial charge in [0.2, 0.25) is 0 Å². The number of nitrogens with zero attached hydrogens (tertiary/aromatic N) is 1. The van der Waals surface area contributed by atoms with E-state index in [1.54, 1.807) is 0 Å². The summed E-state index contributed by atoms with van der Waals surface area (Å²) < 4.78 is 0. The Bertz CT molecular complexity index is 697. The second-order valence-electron chi connectivity index (χ2n) is 12.3. The summed E-state index contributed by atoms with van der Waals surface area (Å²) in [6.45, 7) is 12.3. The molecule has 4 aliphatic carbocycles. The zero-order chi connectivity index (χ0) is 21.7. The largest absolute Gasteiger partial charge is 0.393 e. The topological polar surface area (TPSA) is 58.6 Å². The normalized spacial score (nSPS) is 45.6. The van der Waals surface area contributed by atoms with Crippen molar-refractivity contribution >= 4 is 5.71 Å². The molecule has 3 heteroatoms. The Morgan fingerprint density at radius 1 is 1.07 bits per heavy atom. The lowest BCUT2D eigenvalue weighted by Crippen LogP contribution is -2.54. The first kappa shape index (κ1) is 22.4. The fraction of sp³-hybridized carbons (Fsp3) is 0.889. The predicted molar refractivity (Wildman–Crippen MR) is 126 cm³/mol. The molecule has 3 fully saturated rings. The van der Waals surface area contributed by atoms with Crippen molar-refractivity contribution in [2.75, 3.05) is 0 Å². The fourth-order valence-electron chi connectivity index (χ4n) is 8.55. The number of nitrogens with two attached hydrogens (primary N) is 1. The lowest BCUT2D eigenvalue weighted by Gasteiger charge is -2.58. The number of allylic oxidation sites excluding steroid dienone is 1. The highest BCUT2D eigenvalue weighted by Gasteiger charge is 2.60. The lowest BCUT2D eigenvalue weighted by molar-refractivity contribution is -0.0301. The van der Waals surface area contributed by atoms with Gasteiger partial charge in [0.15, 0.2) is 0 Å². The van der Waals surface area contributed by atoms with Gasteiger partial charge >= 0.3 is 0 Å². The van der Waals surface area contributed by atoms with E-state index in [4.69, 9.17) is 5.84 Å². The molecule has 0 heterocycles. The summed E-state index contributed by atoms with van der Waals surface area (Å²) in [6, 6.07) is 0. The first-order valence-corrected chi connectivity index (χ1v) is 12.9. The summed E-state index contributed by atoms with van der Waals surface area (Å²) in [5.74, 6) is 10.4. The highest BCUT2D eigenvalue weighted by atomic mass is 16.3. The van der Waals surface area contributed by atoms with Crippen LogP contribution in [0.1, 0.15) is 98.8 Å². The van der Waals surface area contributed by atoms with Gasteiger partial charge in [-0.1, -0.05) is 59.5 Å². The number of fused-ring (bicyclic) bond motifs is 5. The molecule has 0 saturated heterocycles. The molecule has 0 bridgehead atoms. The van der Waals surface area contributed by atoms with Gasteiger partial charge in [-0.15, -0.1) is 0 Å². The minimum absolute atomic E-state index is 0.184. The Morgan fingerprint density at radius 3 is 2.53 bits per heavy atom. The molecular formula is C27H46N2O. The molecule has 2 unspecified atom stereocenters. The van der Waals surface area contributed by atoms with Crippen molar-refractivity contribution in [3.63, 3.8) is 0 Å². The van der Waals surface area contributed by atoms with Gasteiger partial charge < -0.3 is 10.9 Å². The zero-order valence-electron chi connectivity index (χ0n) is 20.2. The van der Waals surface area contributed by atoms with Crippen LogP contribution in [0.25, 0.3) is 0 Å². The molecule has 0 aromatic heterocycles. The molecule has 30 heavy (non-hydrogen) atoms. The van der Waals surface area contributed by atoms with Gasteiger partial charge in [0.05, 0.1) is 11.8 Å². The van der Waals surface area contributed by atoms with Crippen molar-refractivity contribution in [3.05, 3.63) is 11.6 Å². The molecule has 3 saturated carbocycles. The van der Waals surface area contributed by atoms with Crippen LogP contribution in [0.4, 0.5) is 0 Å². The van der Waals surface area contributed by atoms with Crippen molar-refractivity contribution in [1.29, 1.82) is 0 Å². The van der Waals surface area contributed by atoms with Gasteiger partial charge in [-0.3, -0.25) is 0 Å². The van der Waals surface area contributed by atoms with Crippen LogP contribution in [-0.2, 0) is 0 Å². The quantitative estimate of drug-likeness (QED) is 0.409. The smallest absolute Gasteiger partial charge is 0.0637 e. The van der Waals surface area contributed by atoms with E-state index in [1.165, 1.54) is 50.5 Å². The summed E-state index contributed by atoms with van der Waals surface area (Å²) >= 11 is 0. The molecule has 8 atom stereocenters. The maximum atomic E-state index is 10.3.